The Kier molecular flexibility index (Phi) is 6.19. The van der Waals surface area contributed by atoms with Gasteiger partial charge in [-0.1, -0.05) is 6.07 Å². The maximum Gasteiger partial charge on any atom is 0.416 e. The number of carbonyl (C=O) groups excluding carboxylic acids is 2. The Morgan fingerprint density at radius 1 is 1.00 bits per heavy atom. The molecule has 0 saturated carbocycles. The van der Waals surface area contributed by atoms with E-state index in [2.05, 4.69) is 5.10 Å². The van der Waals surface area contributed by atoms with Gasteiger partial charge >= 0.3 is 6.18 Å². The number of hydrogen-bond acceptors (Lipinski definition) is 5. The number of Topliss-reactive ketones (excluding diaryl/α,β-unsaturated/α-hetero) is 1. The fraction of sp³-hybridized carbons (Fsp3) is 0.346. The fourth-order valence-electron chi connectivity index (χ4n) is 4.64. The van der Waals surface area contributed by atoms with Gasteiger partial charge in [0, 0.05) is 24.6 Å². The second kappa shape index (κ2) is 9.33. The first-order valence-corrected chi connectivity index (χ1v) is 11.7. The van der Waals surface area contributed by atoms with E-state index in [0.717, 1.165) is 12.1 Å². The summed E-state index contributed by atoms with van der Waals surface area (Å²) in [5.74, 6) is 0.723. The van der Waals surface area contributed by atoms with E-state index in [4.69, 9.17) is 9.47 Å². The molecule has 7 nitrogen and oxygen atoms in total. The molecule has 2 aromatic carbocycles. The average molecular weight is 499 g/mol. The van der Waals surface area contributed by atoms with Crippen LogP contribution in [0.2, 0.25) is 0 Å². The van der Waals surface area contributed by atoms with Crippen LogP contribution in [0.5, 0.6) is 11.5 Å². The molecule has 3 heterocycles. The fourth-order valence-corrected chi connectivity index (χ4v) is 4.64. The van der Waals surface area contributed by atoms with Gasteiger partial charge in [-0.15, -0.1) is 0 Å². The lowest BCUT2D eigenvalue weighted by atomic mass is 9.88. The third-order valence-electron chi connectivity index (χ3n) is 6.64. The highest BCUT2D eigenvalue weighted by atomic mass is 19.4. The van der Waals surface area contributed by atoms with E-state index in [-0.39, 0.29) is 23.3 Å². The molecular formula is C26H24F3N3O4. The highest BCUT2D eigenvalue weighted by Gasteiger charge is 2.32. The van der Waals surface area contributed by atoms with E-state index in [1.807, 2.05) is 0 Å². The van der Waals surface area contributed by atoms with Crippen molar-refractivity contribution in [2.24, 2.45) is 5.92 Å². The second-order valence-electron chi connectivity index (χ2n) is 8.89. The third-order valence-corrected chi connectivity index (χ3v) is 6.64. The number of piperidine rings is 1. The summed E-state index contributed by atoms with van der Waals surface area (Å²) < 4.78 is 51.7. The summed E-state index contributed by atoms with van der Waals surface area (Å²) in [7, 11) is 0. The van der Waals surface area contributed by atoms with Crippen LogP contribution in [-0.4, -0.2) is 52.7 Å². The van der Waals surface area contributed by atoms with Gasteiger partial charge in [-0.2, -0.15) is 18.3 Å². The highest BCUT2D eigenvalue weighted by Crippen LogP contribution is 2.33. The van der Waals surface area contributed by atoms with Crippen molar-refractivity contribution in [2.45, 2.75) is 25.9 Å². The quantitative estimate of drug-likeness (QED) is 0.487. The van der Waals surface area contributed by atoms with E-state index in [0.29, 0.717) is 67.5 Å². The summed E-state index contributed by atoms with van der Waals surface area (Å²) in [5, 5.41) is 4.17. The zero-order chi connectivity index (χ0) is 25.4. The molecule has 0 N–H and O–H groups in total. The third kappa shape index (κ3) is 4.55. The van der Waals surface area contributed by atoms with Gasteiger partial charge in [0.1, 0.15) is 13.2 Å². The number of carbonyl (C=O) groups is 2. The van der Waals surface area contributed by atoms with Crippen LogP contribution < -0.4 is 9.47 Å². The minimum atomic E-state index is -4.47. The molecule has 1 amide bonds. The van der Waals surface area contributed by atoms with Crippen LogP contribution in [-0.2, 0) is 6.18 Å². The lowest BCUT2D eigenvalue weighted by Gasteiger charge is -2.31. The number of ether oxygens (including phenoxy) is 2. The van der Waals surface area contributed by atoms with Gasteiger partial charge in [-0.05, 0) is 56.2 Å². The Balaban J connectivity index is 1.26. The summed E-state index contributed by atoms with van der Waals surface area (Å²) in [4.78, 5) is 27.9. The maximum absolute atomic E-state index is 13.2. The molecule has 0 bridgehead atoms. The Hall–Kier alpha value is -3.82. The monoisotopic (exact) mass is 499 g/mol. The highest BCUT2D eigenvalue weighted by molar-refractivity contribution is 5.99. The molecule has 10 heteroatoms. The molecule has 0 aliphatic carbocycles. The standard InChI is InChI=1S/C26H24F3N3O4/c1-16-21(15-30-32(16)20-4-2-3-19(14-20)26(27,28)29)25(34)31-9-7-17(8-10-31)24(33)18-5-6-22-23(13-18)36-12-11-35-22/h2-6,13-15,17H,7-12H2,1H3. The number of fused-ring (bicyclic) bond motifs is 1. The Labute approximate surface area is 205 Å². The molecule has 0 spiro atoms. The summed E-state index contributed by atoms with van der Waals surface area (Å²) in [6.45, 7) is 3.36. The number of aromatic nitrogens is 2. The molecule has 2 aliphatic heterocycles. The van der Waals surface area contributed by atoms with Crippen LogP contribution in [0.15, 0.2) is 48.7 Å². The van der Waals surface area contributed by atoms with Crippen LogP contribution in [0.4, 0.5) is 13.2 Å². The lowest BCUT2D eigenvalue weighted by Crippen LogP contribution is -2.40. The van der Waals surface area contributed by atoms with Gasteiger partial charge in [-0.3, -0.25) is 9.59 Å². The summed E-state index contributed by atoms with van der Waals surface area (Å²) in [5.41, 5.74) is 0.776. The summed E-state index contributed by atoms with van der Waals surface area (Å²) in [6, 6.07) is 10.0. The molecule has 1 aromatic heterocycles. The van der Waals surface area contributed by atoms with Gasteiger partial charge in [0.05, 0.1) is 28.7 Å². The number of likely N-dealkylation sites (tertiary alicyclic amines) is 1. The number of halogens is 3. The first kappa shape index (κ1) is 23.9. The molecule has 0 unspecified atom stereocenters. The number of benzene rings is 2. The van der Waals surface area contributed by atoms with E-state index in [9.17, 15) is 22.8 Å². The predicted molar refractivity (Wildman–Crippen MR) is 124 cm³/mol. The lowest BCUT2D eigenvalue weighted by molar-refractivity contribution is -0.137. The van der Waals surface area contributed by atoms with Crippen molar-refractivity contribution in [3.05, 3.63) is 71.0 Å². The van der Waals surface area contributed by atoms with Crippen LogP contribution in [0.3, 0.4) is 0 Å². The number of amides is 1. The smallest absolute Gasteiger partial charge is 0.416 e. The normalized spacial score (nSPS) is 16.2. The van der Waals surface area contributed by atoms with Crippen LogP contribution in [0.1, 0.15) is 44.8 Å². The maximum atomic E-state index is 13.2. The van der Waals surface area contributed by atoms with E-state index in [1.54, 1.807) is 30.0 Å². The molecule has 1 saturated heterocycles. The molecule has 1 fully saturated rings. The van der Waals surface area contributed by atoms with Gasteiger partial charge in [0.15, 0.2) is 17.3 Å². The van der Waals surface area contributed by atoms with E-state index >= 15 is 0 Å². The number of hydrogen-bond donors (Lipinski definition) is 0. The largest absolute Gasteiger partial charge is 0.486 e. The van der Waals surface area contributed by atoms with Crippen molar-refractivity contribution in [3.8, 4) is 17.2 Å². The minimum Gasteiger partial charge on any atom is -0.486 e. The predicted octanol–water partition coefficient (Wildman–Crippen LogP) is 4.71. The van der Waals surface area contributed by atoms with Crippen molar-refractivity contribution in [1.29, 1.82) is 0 Å². The second-order valence-corrected chi connectivity index (χ2v) is 8.89. The molecule has 0 atom stereocenters. The molecular weight excluding hydrogens is 475 g/mol. The van der Waals surface area contributed by atoms with Gasteiger partial charge < -0.3 is 14.4 Å². The van der Waals surface area contributed by atoms with Crippen molar-refractivity contribution < 1.29 is 32.2 Å². The van der Waals surface area contributed by atoms with Crippen LogP contribution in [0.25, 0.3) is 5.69 Å². The first-order valence-electron chi connectivity index (χ1n) is 11.7. The topological polar surface area (TPSA) is 73.7 Å². The average Bonchev–Trinajstić information content (AvgIpc) is 3.28. The number of nitrogens with zero attached hydrogens (tertiary/aromatic N) is 3. The number of ketones is 1. The minimum absolute atomic E-state index is 0.00705. The number of rotatable bonds is 4. The molecule has 2 aliphatic rings. The molecule has 36 heavy (non-hydrogen) atoms. The SMILES string of the molecule is Cc1c(C(=O)N2CCC(C(=O)c3ccc4c(c3)OCCO4)CC2)cnn1-c1cccc(C(F)(F)F)c1. The zero-order valence-electron chi connectivity index (χ0n) is 19.5. The van der Waals surface area contributed by atoms with Crippen molar-refractivity contribution >= 4 is 11.7 Å². The Morgan fingerprint density at radius 3 is 2.44 bits per heavy atom. The first-order chi connectivity index (χ1) is 17.2. The van der Waals surface area contributed by atoms with Crippen molar-refractivity contribution in [3.63, 3.8) is 0 Å². The van der Waals surface area contributed by atoms with Crippen LogP contribution in [0, 0.1) is 12.8 Å². The molecule has 0 radical (unpaired) electrons. The van der Waals surface area contributed by atoms with Crippen LogP contribution >= 0.6 is 0 Å². The Morgan fingerprint density at radius 2 is 1.72 bits per heavy atom. The number of alkyl halides is 3. The van der Waals surface area contributed by atoms with Gasteiger partial charge in [0.25, 0.3) is 5.91 Å². The summed E-state index contributed by atoms with van der Waals surface area (Å²) >= 11 is 0. The van der Waals surface area contributed by atoms with Crippen molar-refractivity contribution in [1.82, 2.24) is 14.7 Å². The Bertz CT molecular complexity index is 1310. The molecule has 3 aromatic rings. The van der Waals surface area contributed by atoms with E-state index < -0.39 is 11.7 Å². The molecule has 5 rings (SSSR count). The zero-order valence-corrected chi connectivity index (χ0v) is 19.5. The molecule has 188 valence electrons. The van der Waals surface area contributed by atoms with Gasteiger partial charge in [0.2, 0.25) is 0 Å². The van der Waals surface area contributed by atoms with E-state index in [1.165, 1.54) is 23.0 Å². The van der Waals surface area contributed by atoms with Gasteiger partial charge in [-0.25, -0.2) is 4.68 Å². The summed E-state index contributed by atoms with van der Waals surface area (Å²) in [6.07, 6.45) is -2.07. The van der Waals surface area contributed by atoms with Crippen molar-refractivity contribution in [2.75, 3.05) is 26.3 Å².